The van der Waals surface area contributed by atoms with Crippen LogP contribution in [-0.4, -0.2) is 31.2 Å². The highest BCUT2D eigenvalue weighted by Crippen LogP contribution is 2.32. The number of hydrogen-bond donors (Lipinski definition) is 2. The summed E-state index contributed by atoms with van der Waals surface area (Å²) >= 11 is 0. The van der Waals surface area contributed by atoms with Crippen LogP contribution in [-0.2, 0) is 6.54 Å². The predicted molar refractivity (Wildman–Crippen MR) is 101 cm³/mol. The molecule has 0 unspecified atom stereocenters. The van der Waals surface area contributed by atoms with Crippen LogP contribution in [0.4, 0.5) is 11.4 Å². The number of benzene rings is 2. The van der Waals surface area contributed by atoms with Gasteiger partial charge in [-0.1, -0.05) is 0 Å². The standard InChI is InChI=1S/C18H20N4O5/c1-25-15-6-4-14(22(23)24)9-12(15)11-20-18(19)21-13-3-5-16-17(10-13)27-8-2-7-26-16/h3-6,9-10H,2,7-8,11H2,1H3,(H3,19,20,21). The third kappa shape index (κ3) is 4.57. The van der Waals surface area contributed by atoms with Gasteiger partial charge in [0.1, 0.15) is 5.75 Å². The molecule has 1 aliphatic rings. The molecule has 3 rings (SSSR count). The minimum atomic E-state index is -0.466. The fourth-order valence-corrected chi connectivity index (χ4v) is 2.60. The van der Waals surface area contributed by atoms with E-state index < -0.39 is 4.92 Å². The molecule has 0 amide bonds. The lowest BCUT2D eigenvalue weighted by Crippen LogP contribution is -2.22. The third-order valence-electron chi connectivity index (χ3n) is 3.91. The van der Waals surface area contributed by atoms with Crippen LogP contribution in [0.5, 0.6) is 17.2 Å². The van der Waals surface area contributed by atoms with Crippen LogP contribution in [0.25, 0.3) is 0 Å². The Labute approximate surface area is 155 Å². The molecule has 0 spiro atoms. The Morgan fingerprint density at radius 1 is 1.26 bits per heavy atom. The average Bonchev–Trinajstić information content (AvgIpc) is 2.91. The summed E-state index contributed by atoms with van der Waals surface area (Å²) in [5.41, 5.74) is 7.18. The molecule has 1 heterocycles. The molecular formula is C18H20N4O5. The van der Waals surface area contributed by atoms with Crippen molar-refractivity contribution in [1.29, 1.82) is 0 Å². The monoisotopic (exact) mass is 372 g/mol. The molecule has 2 aromatic carbocycles. The molecule has 0 radical (unpaired) electrons. The highest BCUT2D eigenvalue weighted by Gasteiger charge is 2.12. The molecule has 27 heavy (non-hydrogen) atoms. The van der Waals surface area contributed by atoms with Crippen LogP contribution in [0.3, 0.4) is 0 Å². The van der Waals surface area contributed by atoms with Crippen LogP contribution in [0.15, 0.2) is 41.4 Å². The van der Waals surface area contributed by atoms with Crippen molar-refractivity contribution in [3.8, 4) is 17.2 Å². The van der Waals surface area contributed by atoms with E-state index in [-0.39, 0.29) is 18.2 Å². The number of nitrogens with one attached hydrogen (secondary N) is 1. The first-order valence-electron chi connectivity index (χ1n) is 8.34. The van der Waals surface area contributed by atoms with E-state index in [1.165, 1.54) is 25.3 Å². The highest BCUT2D eigenvalue weighted by atomic mass is 16.6. The normalized spacial score (nSPS) is 13.6. The molecule has 0 aliphatic carbocycles. The second-order valence-electron chi connectivity index (χ2n) is 5.79. The van der Waals surface area contributed by atoms with Crippen molar-refractivity contribution in [3.05, 3.63) is 52.1 Å². The first-order chi connectivity index (χ1) is 13.1. The lowest BCUT2D eigenvalue weighted by atomic mass is 10.2. The molecule has 3 N–H and O–H groups in total. The molecule has 0 atom stereocenters. The SMILES string of the molecule is COc1ccc([N+](=O)[O-])cc1CN=C(N)Nc1ccc2c(c1)OCCCO2. The number of rotatable bonds is 5. The number of anilines is 1. The minimum Gasteiger partial charge on any atom is -0.496 e. The smallest absolute Gasteiger partial charge is 0.270 e. The number of methoxy groups -OCH3 is 1. The third-order valence-corrected chi connectivity index (χ3v) is 3.91. The average molecular weight is 372 g/mol. The minimum absolute atomic E-state index is 0.0320. The Balaban J connectivity index is 1.72. The maximum absolute atomic E-state index is 10.9. The summed E-state index contributed by atoms with van der Waals surface area (Å²) in [6.45, 7) is 1.34. The van der Waals surface area contributed by atoms with Gasteiger partial charge in [0.25, 0.3) is 5.69 Å². The number of nitro benzene ring substituents is 1. The molecule has 0 aromatic heterocycles. The summed E-state index contributed by atoms with van der Waals surface area (Å²) in [5, 5.41) is 13.9. The summed E-state index contributed by atoms with van der Waals surface area (Å²) in [6, 6.07) is 9.74. The number of nitro groups is 1. The lowest BCUT2D eigenvalue weighted by Gasteiger charge is -2.11. The second-order valence-corrected chi connectivity index (χ2v) is 5.79. The second kappa shape index (κ2) is 8.26. The Kier molecular flexibility index (Phi) is 5.60. The zero-order chi connectivity index (χ0) is 19.2. The van der Waals surface area contributed by atoms with Gasteiger partial charge < -0.3 is 25.3 Å². The van der Waals surface area contributed by atoms with Crippen molar-refractivity contribution in [1.82, 2.24) is 0 Å². The molecule has 2 aromatic rings. The molecule has 142 valence electrons. The van der Waals surface area contributed by atoms with Gasteiger partial charge in [-0.05, 0) is 18.2 Å². The van der Waals surface area contributed by atoms with Crippen molar-refractivity contribution < 1.29 is 19.1 Å². The molecule has 0 saturated heterocycles. The summed E-state index contributed by atoms with van der Waals surface area (Å²) in [7, 11) is 1.49. The Morgan fingerprint density at radius 3 is 2.78 bits per heavy atom. The van der Waals surface area contributed by atoms with E-state index in [2.05, 4.69) is 10.3 Å². The van der Waals surface area contributed by atoms with Crippen LogP contribution < -0.4 is 25.3 Å². The van der Waals surface area contributed by atoms with E-state index in [1.54, 1.807) is 12.1 Å². The Hall–Kier alpha value is -3.49. The zero-order valence-electron chi connectivity index (χ0n) is 14.8. The van der Waals surface area contributed by atoms with Crippen molar-refractivity contribution in [2.45, 2.75) is 13.0 Å². The number of nitrogens with zero attached hydrogens (tertiary/aromatic N) is 2. The first kappa shape index (κ1) is 18.3. The lowest BCUT2D eigenvalue weighted by molar-refractivity contribution is -0.384. The van der Waals surface area contributed by atoms with Gasteiger partial charge in [-0.25, -0.2) is 4.99 Å². The van der Waals surface area contributed by atoms with Gasteiger partial charge >= 0.3 is 0 Å². The van der Waals surface area contributed by atoms with E-state index in [4.69, 9.17) is 19.9 Å². The molecule has 0 saturated carbocycles. The topological polar surface area (TPSA) is 121 Å². The van der Waals surface area contributed by atoms with Gasteiger partial charge in [0.2, 0.25) is 0 Å². The zero-order valence-corrected chi connectivity index (χ0v) is 14.8. The summed E-state index contributed by atoms with van der Waals surface area (Å²) in [6.07, 6.45) is 0.825. The van der Waals surface area contributed by atoms with Crippen molar-refractivity contribution >= 4 is 17.3 Å². The number of non-ortho nitro benzene ring substituents is 1. The maximum Gasteiger partial charge on any atom is 0.270 e. The fourth-order valence-electron chi connectivity index (χ4n) is 2.60. The summed E-state index contributed by atoms with van der Waals surface area (Å²) in [4.78, 5) is 14.7. The van der Waals surface area contributed by atoms with Crippen molar-refractivity contribution in [2.24, 2.45) is 10.7 Å². The van der Waals surface area contributed by atoms with Crippen molar-refractivity contribution in [2.75, 3.05) is 25.6 Å². The van der Waals surface area contributed by atoms with Crippen LogP contribution in [0.2, 0.25) is 0 Å². The Bertz CT molecular complexity index is 869. The Morgan fingerprint density at radius 2 is 2.04 bits per heavy atom. The maximum atomic E-state index is 10.9. The van der Waals surface area contributed by atoms with E-state index in [0.717, 1.165) is 6.42 Å². The molecule has 0 fully saturated rings. The van der Waals surface area contributed by atoms with E-state index in [9.17, 15) is 10.1 Å². The number of ether oxygens (including phenoxy) is 3. The molecule has 9 heteroatoms. The predicted octanol–water partition coefficient (Wildman–Crippen LogP) is 2.69. The van der Waals surface area contributed by atoms with Gasteiger partial charge in [-0.15, -0.1) is 0 Å². The highest BCUT2D eigenvalue weighted by molar-refractivity contribution is 5.92. The van der Waals surface area contributed by atoms with Gasteiger partial charge in [0.15, 0.2) is 17.5 Å². The van der Waals surface area contributed by atoms with E-state index in [0.29, 0.717) is 41.7 Å². The molecule has 0 bridgehead atoms. The van der Waals surface area contributed by atoms with Crippen LogP contribution in [0.1, 0.15) is 12.0 Å². The fraction of sp³-hybridized carbons (Fsp3) is 0.278. The van der Waals surface area contributed by atoms with Gasteiger partial charge in [-0.2, -0.15) is 0 Å². The van der Waals surface area contributed by atoms with E-state index >= 15 is 0 Å². The van der Waals surface area contributed by atoms with Gasteiger partial charge in [0, 0.05) is 35.9 Å². The number of nitrogens with two attached hydrogens (primary N) is 1. The van der Waals surface area contributed by atoms with Crippen LogP contribution in [0, 0.1) is 10.1 Å². The number of hydrogen-bond acceptors (Lipinski definition) is 6. The summed E-state index contributed by atoms with van der Waals surface area (Å²) < 4.78 is 16.4. The van der Waals surface area contributed by atoms with Crippen LogP contribution >= 0.6 is 0 Å². The van der Waals surface area contributed by atoms with Crippen molar-refractivity contribution in [3.63, 3.8) is 0 Å². The quantitative estimate of drug-likeness (QED) is 0.358. The number of fused-ring (bicyclic) bond motifs is 1. The first-order valence-corrected chi connectivity index (χ1v) is 8.34. The number of guanidine groups is 1. The summed E-state index contributed by atoms with van der Waals surface area (Å²) in [5.74, 6) is 2.01. The number of aliphatic imine (C=N–C) groups is 1. The molecule has 1 aliphatic heterocycles. The van der Waals surface area contributed by atoms with Gasteiger partial charge in [-0.3, -0.25) is 10.1 Å². The van der Waals surface area contributed by atoms with Gasteiger partial charge in [0.05, 0.1) is 31.8 Å². The van der Waals surface area contributed by atoms with E-state index in [1.807, 2.05) is 6.07 Å². The molecule has 9 nitrogen and oxygen atoms in total. The molecular weight excluding hydrogens is 352 g/mol. The largest absolute Gasteiger partial charge is 0.496 e.